The highest BCUT2D eigenvalue weighted by atomic mass is 19.1. The average molecular weight is 312 g/mol. The van der Waals surface area contributed by atoms with Crippen molar-refractivity contribution in [3.05, 3.63) is 47.3 Å². The normalized spacial score (nSPS) is 14.4. The number of fused-ring (bicyclic) bond motifs is 1. The van der Waals surface area contributed by atoms with E-state index >= 15 is 0 Å². The summed E-state index contributed by atoms with van der Waals surface area (Å²) in [5.74, 6) is 1.99. The van der Waals surface area contributed by atoms with Crippen LogP contribution in [0.25, 0.3) is 11.0 Å². The fourth-order valence-electron chi connectivity index (χ4n) is 2.68. The quantitative estimate of drug-likeness (QED) is 0.737. The highest BCUT2D eigenvalue weighted by Crippen LogP contribution is 2.38. The van der Waals surface area contributed by atoms with Gasteiger partial charge in [-0.25, -0.2) is 14.4 Å². The van der Waals surface area contributed by atoms with Crippen LogP contribution in [0.2, 0.25) is 0 Å². The van der Waals surface area contributed by atoms with Crippen LogP contribution in [0.4, 0.5) is 10.2 Å². The first-order valence-corrected chi connectivity index (χ1v) is 7.70. The summed E-state index contributed by atoms with van der Waals surface area (Å²) in [6.07, 6.45) is 2.35. The van der Waals surface area contributed by atoms with Crippen molar-refractivity contribution >= 4 is 16.8 Å². The third-order valence-corrected chi connectivity index (χ3v) is 4.09. The molecule has 0 unspecified atom stereocenters. The third-order valence-electron chi connectivity index (χ3n) is 4.09. The topological polar surface area (TPSA) is 55.1 Å². The Bertz CT molecular complexity index is 872. The number of benzene rings is 1. The van der Waals surface area contributed by atoms with E-state index in [9.17, 15) is 4.39 Å². The second-order valence-electron chi connectivity index (χ2n) is 6.13. The number of aromatic nitrogens is 3. The van der Waals surface area contributed by atoms with E-state index in [0.29, 0.717) is 18.0 Å². The maximum atomic E-state index is 13.2. The first kappa shape index (κ1) is 14.1. The molecule has 118 valence electrons. The lowest BCUT2D eigenvalue weighted by Gasteiger charge is -2.18. The molecule has 5 nitrogen and oxygen atoms in total. The summed E-state index contributed by atoms with van der Waals surface area (Å²) in [6.45, 7) is 2.53. The van der Waals surface area contributed by atoms with Crippen LogP contribution >= 0.6 is 0 Å². The Labute approximate surface area is 133 Å². The summed E-state index contributed by atoms with van der Waals surface area (Å²) in [7, 11) is 1.96. The van der Waals surface area contributed by atoms with Gasteiger partial charge in [-0.2, -0.15) is 0 Å². The Hall–Kier alpha value is -2.50. The van der Waals surface area contributed by atoms with E-state index in [-0.39, 0.29) is 5.82 Å². The zero-order chi connectivity index (χ0) is 16.0. The SMILES string of the molecule is Cc1cc(N(C)Cc2noc3cc(F)ccc23)nc(C2CC2)n1. The van der Waals surface area contributed by atoms with Crippen LogP contribution < -0.4 is 4.90 Å². The summed E-state index contributed by atoms with van der Waals surface area (Å²) in [5.41, 5.74) is 2.20. The lowest BCUT2D eigenvalue weighted by Crippen LogP contribution is -2.19. The summed E-state index contributed by atoms with van der Waals surface area (Å²) in [6, 6.07) is 6.44. The maximum absolute atomic E-state index is 13.2. The van der Waals surface area contributed by atoms with Crippen molar-refractivity contribution in [2.75, 3.05) is 11.9 Å². The molecule has 0 atom stereocenters. The van der Waals surface area contributed by atoms with E-state index < -0.39 is 0 Å². The average Bonchev–Trinajstić information content (AvgIpc) is 3.30. The third kappa shape index (κ3) is 2.76. The standard InChI is InChI=1S/C17H17FN4O/c1-10-7-16(20-17(19-10)11-3-4-11)22(2)9-14-13-6-5-12(18)8-15(13)23-21-14/h5-8,11H,3-4,9H2,1-2H3. The van der Waals surface area contributed by atoms with Crippen LogP contribution in [0.5, 0.6) is 0 Å². The van der Waals surface area contributed by atoms with Crippen LogP contribution in [0, 0.1) is 12.7 Å². The van der Waals surface area contributed by atoms with E-state index in [4.69, 9.17) is 4.52 Å². The van der Waals surface area contributed by atoms with Gasteiger partial charge in [0.1, 0.15) is 23.2 Å². The van der Waals surface area contributed by atoms with Crippen molar-refractivity contribution in [2.24, 2.45) is 0 Å². The highest BCUT2D eigenvalue weighted by molar-refractivity contribution is 5.79. The van der Waals surface area contributed by atoms with Crippen molar-refractivity contribution < 1.29 is 8.91 Å². The van der Waals surface area contributed by atoms with Gasteiger partial charge >= 0.3 is 0 Å². The van der Waals surface area contributed by atoms with E-state index in [1.807, 2.05) is 24.9 Å². The van der Waals surface area contributed by atoms with Gasteiger partial charge < -0.3 is 9.42 Å². The van der Waals surface area contributed by atoms with Crippen LogP contribution in [-0.4, -0.2) is 22.2 Å². The molecule has 1 fully saturated rings. The Morgan fingerprint density at radius 2 is 2.09 bits per heavy atom. The summed E-state index contributed by atoms with van der Waals surface area (Å²) in [4.78, 5) is 11.2. The molecule has 4 rings (SSSR count). The summed E-state index contributed by atoms with van der Waals surface area (Å²) >= 11 is 0. The fraction of sp³-hybridized carbons (Fsp3) is 0.353. The van der Waals surface area contributed by atoms with Crippen molar-refractivity contribution in [1.82, 2.24) is 15.1 Å². The molecule has 2 heterocycles. The first-order valence-electron chi connectivity index (χ1n) is 7.70. The number of anilines is 1. The molecular weight excluding hydrogens is 295 g/mol. The van der Waals surface area contributed by atoms with Gasteiger partial charge in [-0.3, -0.25) is 0 Å². The number of aryl methyl sites for hydroxylation is 1. The van der Waals surface area contributed by atoms with E-state index in [1.54, 1.807) is 6.07 Å². The summed E-state index contributed by atoms with van der Waals surface area (Å²) < 4.78 is 18.4. The number of rotatable bonds is 4. The lowest BCUT2D eigenvalue weighted by molar-refractivity contribution is 0.444. The second kappa shape index (κ2) is 5.30. The predicted octanol–water partition coefficient (Wildman–Crippen LogP) is 3.58. The second-order valence-corrected chi connectivity index (χ2v) is 6.13. The molecule has 0 N–H and O–H groups in total. The lowest BCUT2D eigenvalue weighted by atomic mass is 10.2. The monoisotopic (exact) mass is 312 g/mol. The van der Waals surface area contributed by atoms with Gasteiger partial charge in [0, 0.05) is 36.2 Å². The molecule has 1 aliphatic rings. The Balaban J connectivity index is 1.62. The number of hydrogen-bond donors (Lipinski definition) is 0. The largest absolute Gasteiger partial charge is 0.356 e. The van der Waals surface area contributed by atoms with Crippen LogP contribution in [-0.2, 0) is 6.54 Å². The molecule has 0 saturated heterocycles. The minimum Gasteiger partial charge on any atom is -0.356 e. The Morgan fingerprint density at radius 3 is 2.87 bits per heavy atom. The first-order chi connectivity index (χ1) is 11.1. The Kier molecular flexibility index (Phi) is 3.25. The maximum Gasteiger partial charge on any atom is 0.170 e. The molecule has 1 aliphatic carbocycles. The van der Waals surface area contributed by atoms with Crippen molar-refractivity contribution in [3.8, 4) is 0 Å². The molecule has 0 amide bonds. The molecule has 0 spiro atoms. The minimum atomic E-state index is -0.325. The molecule has 0 radical (unpaired) electrons. The Morgan fingerprint density at radius 1 is 1.26 bits per heavy atom. The van der Waals surface area contributed by atoms with Crippen LogP contribution in [0.15, 0.2) is 28.8 Å². The van der Waals surface area contributed by atoms with E-state index in [1.165, 1.54) is 25.0 Å². The number of halogens is 1. The minimum absolute atomic E-state index is 0.325. The van der Waals surface area contributed by atoms with Gasteiger partial charge in [-0.15, -0.1) is 0 Å². The number of nitrogens with zero attached hydrogens (tertiary/aromatic N) is 4. The van der Waals surface area contributed by atoms with E-state index in [2.05, 4.69) is 15.1 Å². The van der Waals surface area contributed by atoms with Crippen molar-refractivity contribution in [1.29, 1.82) is 0 Å². The van der Waals surface area contributed by atoms with Crippen molar-refractivity contribution in [2.45, 2.75) is 32.2 Å². The van der Waals surface area contributed by atoms with Crippen LogP contribution in [0.1, 0.15) is 36.0 Å². The highest BCUT2D eigenvalue weighted by Gasteiger charge is 2.27. The van der Waals surface area contributed by atoms with Crippen LogP contribution in [0.3, 0.4) is 0 Å². The van der Waals surface area contributed by atoms with E-state index in [0.717, 1.165) is 28.4 Å². The molecule has 1 saturated carbocycles. The van der Waals surface area contributed by atoms with Gasteiger partial charge in [-0.1, -0.05) is 5.16 Å². The van der Waals surface area contributed by atoms with Gasteiger partial charge in [0.05, 0.1) is 6.54 Å². The van der Waals surface area contributed by atoms with Crippen molar-refractivity contribution in [3.63, 3.8) is 0 Å². The molecular formula is C17H17FN4O. The molecule has 3 aromatic rings. The van der Waals surface area contributed by atoms with Gasteiger partial charge in [-0.05, 0) is 31.9 Å². The zero-order valence-corrected chi connectivity index (χ0v) is 13.1. The summed E-state index contributed by atoms with van der Waals surface area (Å²) in [5, 5.41) is 4.89. The number of hydrogen-bond acceptors (Lipinski definition) is 5. The zero-order valence-electron chi connectivity index (χ0n) is 13.1. The van der Waals surface area contributed by atoms with Gasteiger partial charge in [0.15, 0.2) is 5.58 Å². The van der Waals surface area contributed by atoms with Gasteiger partial charge in [0.2, 0.25) is 0 Å². The molecule has 2 aromatic heterocycles. The smallest absolute Gasteiger partial charge is 0.170 e. The van der Waals surface area contributed by atoms with Gasteiger partial charge in [0.25, 0.3) is 0 Å². The fourth-order valence-corrected chi connectivity index (χ4v) is 2.68. The molecule has 0 aliphatic heterocycles. The predicted molar refractivity (Wildman–Crippen MR) is 84.8 cm³/mol. The molecule has 6 heteroatoms. The molecule has 23 heavy (non-hydrogen) atoms. The molecule has 0 bridgehead atoms. The molecule has 1 aromatic carbocycles.